The predicted octanol–water partition coefficient (Wildman–Crippen LogP) is 1.31. The number of aromatic nitrogens is 3. The number of aliphatic hydroxyl groups excluding tert-OH is 2. The van der Waals surface area contributed by atoms with Gasteiger partial charge in [-0.2, -0.15) is 0 Å². The van der Waals surface area contributed by atoms with Gasteiger partial charge in [0.1, 0.15) is 17.6 Å². The van der Waals surface area contributed by atoms with E-state index in [9.17, 15) is 10.2 Å². The van der Waals surface area contributed by atoms with Crippen LogP contribution < -0.4 is 5.73 Å². The van der Waals surface area contributed by atoms with Crippen LogP contribution in [0.15, 0.2) is 11.2 Å². The van der Waals surface area contributed by atoms with Crippen LogP contribution in [0.2, 0.25) is 0 Å². The molecule has 1 aromatic rings. The van der Waals surface area contributed by atoms with E-state index in [1.54, 1.807) is 4.68 Å². The number of aliphatic imine (C=N–C) groups is 1. The first-order valence-electron chi connectivity index (χ1n) is 9.92. The van der Waals surface area contributed by atoms with E-state index in [4.69, 9.17) is 10.5 Å². The average molecular weight is 398 g/mol. The number of rotatable bonds is 6. The van der Waals surface area contributed by atoms with Crippen LogP contribution in [-0.4, -0.2) is 60.7 Å². The molecule has 4 atom stereocenters. The second kappa shape index (κ2) is 9.86. The average Bonchev–Trinajstić information content (AvgIpc) is 3.07. The van der Waals surface area contributed by atoms with Crippen LogP contribution in [-0.2, 0) is 17.7 Å². The van der Waals surface area contributed by atoms with Gasteiger partial charge in [-0.1, -0.05) is 49.1 Å². The number of ether oxygens (including phenoxy) is 1. The Morgan fingerprint density at radius 1 is 1.37 bits per heavy atom. The summed E-state index contributed by atoms with van der Waals surface area (Å²) in [7, 11) is 0. The molecule has 1 saturated heterocycles. The Morgan fingerprint density at radius 3 is 2.89 bits per heavy atom. The standard InChI is InChI=1S/C18H31N5O3S/c1-2-20-18(19)27-16-9-14(24)17(25)15(26-16)11-23-10-13(21-22-23)8-12-6-4-3-5-7-12/h10,12,14-17,24-25H,2-9,11H2,1H3,(H2,19,20)/t14?,15?,16-,17+/m1/s1. The molecule has 1 aliphatic heterocycles. The van der Waals surface area contributed by atoms with Gasteiger partial charge in [0.2, 0.25) is 0 Å². The number of hydrogen-bond acceptors (Lipinski definition) is 7. The van der Waals surface area contributed by atoms with Gasteiger partial charge in [-0.05, 0) is 19.3 Å². The Bertz CT molecular complexity index is 620. The third-order valence-electron chi connectivity index (χ3n) is 5.28. The molecule has 0 bridgehead atoms. The highest BCUT2D eigenvalue weighted by Crippen LogP contribution is 2.29. The molecule has 2 fully saturated rings. The molecule has 8 nitrogen and oxygen atoms in total. The first kappa shape index (κ1) is 20.6. The molecule has 1 saturated carbocycles. The van der Waals surface area contributed by atoms with Crippen LogP contribution >= 0.6 is 11.8 Å². The lowest BCUT2D eigenvalue weighted by atomic mass is 9.86. The minimum Gasteiger partial charge on any atom is -0.390 e. The molecule has 4 N–H and O–H groups in total. The lowest BCUT2D eigenvalue weighted by Gasteiger charge is -2.36. The molecule has 1 aromatic heterocycles. The summed E-state index contributed by atoms with van der Waals surface area (Å²) in [4.78, 5) is 4.14. The second-order valence-electron chi connectivity index (χ2n) is 7.47. The van der Waals surface area contributed by atoms with E-state index < -0.39 is 18.3 Å². The maximum atomic E-state index is 10.3. The third kappa shape index (κ3) is 5.91. The molecule has 3 rings (SSSR count). The molecule has 1 aliphatic carbocycles. The van der Waals surface area contributed by atoms with Crippen molar-refractivity contribution in [1.82, 2.24) is 15.0 Å². The fourth-order valence-electron chi connectivity index (χ4n) is 3.86. The summed E-state index contributed by atoms with van der Waals surface area (Å²) in [5.41, 5.74) is 6.49. The monoisotopic (exact) mass is 397 g/mol. The van der Waals surface area contributed by atoms with Gasteiger partial charge in [0.25, 0.3) is 0 Å². The summed E-state index contributed by atoms with van der Waals surface area (Å²) in [5, 5.41) is 29.4. The van der Waals surface area contributed by atoms with Crippen molar-refractivity contribution < 1.29 is 14.9 Å². The summed E-state index contributed by atoms with van der Waals surface area (Å²) in [5.74, 6) is 0.698. The third-order valence-corrected chi connectivity index (χ3v) is 6.21. The minimum absolute atomic E-state index is 0.312. The van der Waals surface area contributed by atoms with Crippen LogP contribution in [0.4, 0.5) is 0 Å². The lowest BCUT2D eigenvalue weighted by Crippen LogP contribution is -2.49. The van der Waals surface area contributed by atoms with Gasteiger partial charge in [0, 0.05) is 19.2 Å². The van der Waals surface area contributed by atoms with Crippen LogP contribution in [0.1, 0.15) is 51.1 Å². The van der Waals surface area contributed by atoms with E-state index in [-0.39, 0.29) is 5.44 Å². The summed E-state index contributed by atoms with van der Waals surface area (Å²) < 4.78 is 7.66. The predicted molar refractivity (Wildman–Crippen MR) is 105 cm³/mol. The zero-order chi connectivity index (χ0) is 19.2. The van der Waals surface area contributed by atoms with Gasteiger partial charge < -0.3 is 20.7 Å². The Morgan fingerprint density at radius 2 is 2.15 bits per heavy atom. The minimum atomic E-state index is -0.961. The van der Waals surface area contributed by atoms with Gasteiger partial charge in [-0.25, -0.2) is 4.68 Å². The highest BCUT2D eigenvalue weighted by Gasteiger charge is 2.37. The Kier molecular flexibility index (Phi) is 7.51. The van der Waals surface area contributed by atoms with Crippen molar-refractivity contribution >= 4 is 16.9 Å². The number of nitrogens with zero attached hydrogens (tertiary/aromatic N) is 4. The van der Waals surface area contributed by atoms with E-state index in [1.165, 1.54) is 43.9 Å². The van der Waals surface area contributed by atoms with E-state index in [1.807, 2.05) is 13.1 Å². The number of amidine groups is 1. The Hall–Kier alpha value is -1.16. The largest absolute Gasteiger partial charge is 0.390 e. The lowest BCUT2D eigenvalue weighted by molar-refractivity contribution is -0.149. The summed E-state index contributed by atoms with van der Waals surface area (Å²) >= 11 is 1.28. The summed E-state index contributed by atoms with van der Waals surface area (Å²) in [6.07, 6.45) is 7.31. The maximum Gasteiger partial charge on any atom is 0.156 e. The zero-order valence-electron chi connectivity index (χ0n) is 15.9. The molecular formula is C18H31N5O3S. The molecule has 9 heteroatoms. The van der Waals surface area contributed by atoms with Crippen molar-refractivity contribution in [2.24, 2.45) is 16.6 Å². The summed E-state index contributed by atoms with van der Waals surface area (Å²) in [6.45, 7) is 2.85. The molecule has 152 valence electrons. The fraction of sp³-hybridized carbons (Fsp3) is 0.833. The Balaban J connectivity index is 1.57. The topological polar surface area (TPSA) is 119 Å². The fourth-order valence-corrected chi connectivity index (χ4v) is 4.83. The number of hydrogen-bond donors (Lipinski definition) is 3. The van der Waals surface area contributed by atoms with Crippen LogP contribution in [0.3, 0.4) is 0 Å². The highest BCUT2D eigenvalue weighted by atomic mass is 32.2. The molecule has 2 unspecified atom stereocenters. The summed E-state index contributed by atoms with van der Waals surface area (Å²) in [6, 6.07) is 0. The van der Waals surface area contributed by atoms with Crippen molar-refractivity contribution in [3.8, 4) is 0 Å². The quantitative estimate of drug-likeness (QED) is 0.489. The number of nitrogens with two attached hydrogens (primary N) is 1. The van der Waals surface area contributed by atoms with Crippen molar-refractivity contribution in [2.75, 3.05) is 6.54 Å². The molecule has 2 heterocycles. The van der Waals surface area contributed by atoms with Crippen LogP contribution in [0.25, 0.3) is 0 Å². The van der Waals surface area contributed by atoms with Gasteiger partial charge in [0.05, 0.1) is 18.3 Å². The molecule has 27 heavy (non-hydrogen) atoms. The number of aliphatic hydroxyl groups is 2. The van der Waals surface area contributed by atoms with Crippen molar-refractivity contribution in [3.05, 3.63) is 11.9 Å². The van der Waals surface area contributed by atoms with Crippen LogP contribution in [0.5, 0.6) is 0 Å². The zero-order valence-corrected chi connectivity index (χ0v) is 16.7. The van der Waals surface area contributed by atoms with Crippen molar-refractivity contribution in [1.29, 1.82) is 0 Å². The molecule has 0 radical (unpaired) electrons. The highest BCUT2D eigenvalue weighted by molar-refractivity contribution is 8.14. The Labute approximate surface area is 164 Å². The van der Waals surface area contributed by atoms with Crippen molar-refractivity contribution in [2.45, 2.75) is 82.2 Å². The first-order chi connectivity index (χ1) is 13.0. The van der Waals surface area contributed by atoms with Gasteiger partial charge in [0.15, 0.2) is 5.17 Å². The number of thioether (sulfide) groups is 1. The molecular weight excluding hydrogens is 366 g/mol. The molecule has 2 aliphatic rings. The normalized spacial score (nSPS) is 30.6. The molecule has 0 aromatic carbocycles. The van der Waals surface area contributed by atoms with Crippen molar-refractivity contribution in [3.63, 3.8) is 0 Å². The van der Waals surface area contributed by atoms with Gasteiger partial charge in [-0.15, -0.1) is 5.10 Å². The molecule has 0 amide bonds. The first-order valence-corrected chi connectivity index (χ1v) is 10.8. The van der Waals surface area contributed by atoms with E-state index in [0.29, 0.717) is 30.6 Å². The van der Waals surface area contributed by atoms with Gasteiger partial charge >= 0.3 is 0 Å². The van der Waals surface area contributed by atoms with E-state index >= 15 is 0 Å². The molecule has 0 spiro atoms. The van der Waals surface area contributed by atoms with Crippen LogP contribution in [0, 0.1) is 5.92 Å². The second-order valence-corrected chi connectivity index (χ2v) is 8.65. The van der Waals surface area contributed by atoms with E-state index in [0.717, 1.165) is 12.1 Å². The maximum absolute atomic E-state index is 10.3. The SMILES string of the molecule is CCN=C(N)S[C@@H]1CC(O)[C@H](O)C(Cn2cc(CC3CCCCC3)nn2)O1. The van der Waals surface area contributed by atoms with Gasteiger partial charge in [-0.3, -0.25) is 4.99 Å². The van der Waals surface area contributed by atoms with E-state index in [2.05, 4.69) is 15.3 Å². The smallest absolute Gasteiger partial charge is 0.156 e.